The molecule has 0 aliphatic carbocycles. The number of carbonyl (C=O) groups excluding carboxylic acids is 1. The maximum atomic E-state index is 14.5. The van der Waals surface area contributed by atoms with Crippen LogP contribution in [0.3, 0.4) is 0 Å². The number of thioether (sulfide) groups is 1. The summed E-state index contributed by atoms with van der Waals surface area (Å²) in [6.07, 6.45) is 11.0. The van der Waals surface area contributed by atoms with Crippen molar-refractivity contribution in [2.24, 2.45) is 0 Å². The molecule has 3 nitrogen and oxygen atoms in total. The summed E-state index contributed by atoms with van der Waals surface area (Å²) in [5.74, 6) is -8.67. The molecule has 0 saturated carbocycles. The van der Waals surface area contributed by atoms with Crippen LogP contribution in [-0.4, -0.2) is 21.3 Å². The highest BCUT2D eigenvalue weighted by atomic mass is 32.2. The SMILES string of the molecule is CCCCCCCCCCCCSc1c(F)c(F)c(C(=O)n2c(O)csc2=S)c(F)c1F. The van der Waals surface area contributed by atoms with E-state index >= 15 is 0 Å². The minimum atomic E-state index is -1.80. The molecule has 0 amide bonds. The first-order chi connectivity index (χ1) is 15.3. The van der Waals surface area contributed by atoms with Gasteiger partial charge in [-0.25, -0.2) is 22.1 Å². The minimum Gasteiger partial charge on any atom is -0.494 e. The predicted molar refractivity (Wildman–Crippen MR) is 123 cm³/mol. The van der Waals surface area contributed by atoms with Gasteiger partial charge in [-0.1, -0.05) is 64.7 Å². The van der Waals surface area contributed by atoms with E-state index in [1.807, 2.05) is 0 Å². The number of benzene rings is 1. The van der Waals surface area contributed by atoms with Crippen LogP contribution in [0.25, 0.3) is 0 Å². The van der Waals surface area contributed by atoms with Crippen LogP contribution < -0.4 is 0 Å². The molecule has 32 heavy (non-hydrogen) atoms. The fourth-order valence-corrected chi connectivity index (χ4v) is 5.19. The van der Waals surface area contributed by atoms with Gasteiger partial charge in [0, 0.05) is 0 Å². The van der Waals surface area contributed by atoms with Crippen molar-refractivity contribution in [3.63, 3.8) is 0 Å². The molecule has 0 spiro atoms. The Bertz CT molecular complexity index is 946. The van der Waals surface area contributed by atoms with Gasteiger partial charge in [0.05, 0.1) is 10.3 Å². The fraction of sp³-hybridized carbons (Fsp3) is 0.545. The van der Waals surface area contributed by atoms with Crippen molar-refractivity contribution in [2.45, 2.75) is 76.0 Å². The second-order valence-corrected chi connectivity index (χ2v) is 10.1. The Morgan fingerprint density at radius 3 is 1.91 bits per heavy atom. The number of nitrogens with zero attached hydrogens (tertiary/aromatic N) is 1. The molecule has 0 atom stereocenters. The maximum Gasteiger partial charge on any atom is 0.272 e. The quantitative estimate of drug-likeness (QED) is 0.0971. The van der Waals surface area contributed by atoms with Crippen LogP contribution in [0.5, 0.6) is 5.88 Å². The topological polar surface area (TPSA) is 42.2 Å². The molecule has 2 aromatic rings. The van der Waals surface area contributed by atoms with Gasteiger partial charge >= 0.3 is 0 Å². The molecule has 0 unspecified atom stereocenters. The first-order valence-electron chi connectivity index (χ1n) is 10.7. The monoisotopic (exact) mass is 509 g/mol. The molecule has 10 heteroatoms. The summed E-state index contributed by atoms with van der Waals surface area (Å²) >= 11 is 6.28. The third kappa shape index (κ3) is 6.81. The van der Waals surface area contributed by atoms with Gasteiger partial charge in [-0.3, -0.25) is 4.79 Å². The Morgan fingerprint density at radius 2 is 1.44 bits per heavy atom. The van der Waals surface area contributed by atoms with Crippen LogP contribution in [0.2, 0.25) is 0 Å². The molecule has 0 radical (unpaired) electrons. The number of rotatable bonds is 13. The van der Waals surface area contributed by atoms with Crippen molar-refractivity contribution in [1.29, 1.82) is 0 Å². The lowest BCUT2D eigenvalue weighted by molar-refractivity contribution is 0.0939. The summed E-state index contributed by atoms with van der Waals surface area (Å²) in [4.78, 5) is 11.6. The Hall–Kier alpha value is -1.39. The number of halogens is 4. The Balaban J connectivity index is 1.93. The molecule has 0 aliphatic heterocycles. The normalized spacial score (nSPS) is 11.3. The molecule has 1 heterocycles. The number of aromatic hydroxyl groups is 1. The Morgan fingerprint density at radius 1 is 0.938 bits per heavy atom. The standard InChI is InChI=1S/C22H27F4NO2S3/c1-2-3-4-5-6-7-8-9-10-11-12-31-20-18(25)16(23)15(17(24)19(20)26)21(29)27-14(28)13-32-22(27)30/h13,28H,2-12H2,1H3. The van der Waals surface area contributed by atoms with Gasteiger partial charge in [0.25, 0.3) is 5.91 Å². The van der Waals surface area contributed by atoms with E-state index < -0.39 is 45.5 Å². The van der Waals surface area contributed by atoms with Gasteiger partial charge in [0.1, 0.15) is 5.56 Å². The third-order valence-corrected chi connectivity index (χ3v) is 7.39. The summed E-state index contributed by atoms with van der Waals surface area (Å²) in [5, 5.41) is 10.7. The van der Waals surface area contributed by atoms with Crippen molar-refractivity contribution in [2.75, 3.05) is 5.75 Å². The summed E-state index contributed by atoms with van der Waals surface area (Å²) in [6, 6.07) is 0. The van der Waals surface area contributed by atoms with E-state index in [1.54, 1.807) is 0 Å². The molecule has 1 aromatic carbocycles. The molecular weight excluding hydrogens is 482 g/mol. The van der Waals surface area contributed by atoms with Crippen LogP contribution in [0.15, 0.2) is 10.3 Å². The van der Waals surface area contributed by atoms with Gasteiger partial charge in [0.15, 0.2) is 27.2 Å². The van der Waals surface area contributed by atoms with E-state index in [0.29, 0.717) is 28.5 Å². The van der Waals surface area contributed by atoms with Crippen molar-refractivity contribution in [3.05, 3.63) is 38.2 Å². The largest absolute Gasteiger partial charge is 0.494 e. The van der Waals surface area contributed by atoms with E-state index in [1.165, 1.54) is 32.1 Å². The van der Waals surface area contributed by atoms with E-state index in [0.717, 1.165) is 42.4 Å². The molecule has 2 rings (SSSR count). The summed E-state index contributed by atoms with van der Waals surface area (Å²) in [7, 11) is 0. The van der Waals surface area contributed by atoms with Crippen LogP contribution in [0.1, 0.15) is 81.5 Å². The molecule has 0 aliphatic rings. The summed E-state index contributed by atoms with van der Waals surface area (Å²) < 4.78 is 58.1. The zero-order valence-corrected chi connectivity index (χ0v) is 20.3. The van der Waals surface area contributed by atoms with Crippen LogP contribution in [-0.2, 0) is 0 Å². The Labute approximate surface area is 198 Å². The van der Waals surface area contributed by atoms with Gasteiger partial charge in [-0.05, 0) is 24.4 Å². The molecule has 0 bridgehead atoms. The number of aromatic nitrogens is 1. The minimum absolute atomic E-state index is 0.202. The molecule has 0 saturated heterocycles. The zero-order valence-electron chi connectivity index (χ0n) is 17.9. The van der Waals surface area contributed by atoms with Crippen molar-refractivity contribution in [1.82, 2.24) is 4.57 Å². The first kappa shape index (κ1) is 26.9. The lowest BCUT2D eigenvalue weighted by atomic mass is 10.1. The molecule has 178 valence electrons. The van der Waals surface area contributed by atoms with Gasteiger partial charge in [0.2, 0.25) is 5.88 Å². The molecule has 0 fully saturated rings. The highest BCUT2D eigenvalue weighted by Crippen LogP contribution is 2.33. The average molecular weight is 510 g/mol. The van der Waals surface area contributed by atoms with Gasteiger partial charge in [-0.2, -0.15) is 0 Å². The number of carbonyl (C=O) groups is 1. The number of unbranched alkanes of at least 4 members (excludes halogenated alkanes) is 9. The first-order valence-corrected chi connectivity index (χ1v) is 13.0. The summed E-state index contributed by atoms with van der Waals surface area (Å²) in [5.41, 5.74) is -1.42. The molecule has 1 aromatic heterocycles. The fourth-order valence-electron chi connectivity index (χ4n) is 3.29. The zero-order chi connectivity index (χ0) is 23.7. The Kier molecular flexibility index (Phi) is 11.2. The number of hydrogen-bond donors (Lipinski definition) is 1. The number of hydrogen-bond acceptors (Lipinski definition) is 5. The van der Waals surface area contributed by atoms with E-state index in [9.17, 15) is 27.5 Å². The lowest BCUT2D eigenvalue weighted by Crippen LogP contribution is -2.18. The second kappa shape index (κ2) is 13.3. The molecular formula is C22H27F4NO2S3. The number of thiazole rings is 1. The van der Waals surface area contributed by atoms with E-state index in [2.05, 4.69) is 6.92 Å². The van der Waals surface area contributed by atoms with Crippen LogP contribution >= 0.6 is 35.3 Å². The van der Waals surface area contributed by atoms with Crippen molar-refractivity contribution < 1.29 is 27.5 Å². The predicted octanol–water partition coefficient (Wildman–Crippen LogP) is 8.24. The van der Waals surface area contributed by atoms with E-state index in [4.69, 9.17) is 12.2 Å². The smallest absolute Gasteiger partial charge is 0.272 e. The average Bonchev–Trinajstić information content (AvgIpc) is 3.10. The van der Waals surface area contributed by atoms with Crippen molar-refractivity contribution in [3.8, 4) is 5.88 Å². The van der Waals surface area contributed by atoms with Gasteiger partial charge < -0.3 is 5.11 Å². The van der Waals surface area contributed by atoms with Crippen LogP contribution in [0, 0.1) is 27.2 Å². The second-order valence-electron chi connectivity index (χ2n) is 7.49. The third-order valence-electron chi connectivity index (χ3n) is 5.06. The highest BCUT2D eigenvalue weighted by molar-refractivity contribution is 7.99. The van der Waals surface area contributed by atoms with Crippen molar-refractivity contribution >= 4 is 41.2 Å². The highest BCUT2D eigenvalue weighted by Gasteiger charge is 2.31. The maximum absolute atomic E-state index is 14.5. The summed E-state index contributed by atoms with van der Waals surface area (Å²) in [6.45, 7) is 2.18. The lowest BCUT2D eigenvalue weighted by Gasteiger charge is -2.12. The van der Waals surface area contributed by atoms with Gasteiger partial charge in [-0.15, -0.1) is 23.1 Å². The van der Waals surface area contributed by atoms with E-state index in [-0.39, 0.29) is 3.95 Å². The van der Waals surface area contributed by atoms with Crippen LogP contribution in [0.4, 0.5) is 17.6 Å². The molecule has 1 N–H and O–H groups in total.